The van der Waals surface area contributed by atoms with Crippen LogP contribution in [0, 0.1) is 6.92 Å². The third-order valence-corrected chi connectivity index (χ3v) is 3.25. The van der Waals surface area contributed by atoms with Gasteiger partial charge in [-0.3, -0.25) is 4.98 Å². The fraction of sp³-hybridized carbons (Fsp3) is 0.357. The van der Waals surface area contributed by atoms with E-state index in [-0.39, 0.29) is 5.69 Å². The molecule has 0 bridgehead atoms. The molecule has 2 aromatic heterocycles. The zero-order valence-corrected chi connectivity index (χ0v) is 11.9. The molecule has 0 atom stereocenters. The molecule has 0 saturated heterocycles. The zero-order valence-electron chi connectivity index (χ0n) is 11.9. The van der Waals surface area contributed by atoms with Gasteiger partial charge in [-0.05, 0) is 25.0 Å². The molecule has 6 nitrogen and oxygen atoms in total. The first-order valence-electron chi connectivity index (χ1n) is 6.42. The number of anilines is 1. The van der Waals surface area contributed by atoms with Crippen molar-refractivity contribution >= 4 is 11.8 Å². The van der Waals surface area contributed by atoms with Gasteiger partial charge < -0.3 is 15.0 Å². The lowest BCUT2D eigenvalue weighted by molar-refractivity contribution is 0.0595. The minimum Gasteiger partial charge on any atom is -0.464 e. The maximum Gasteiger partial charge on any atom is 0.360 e. The highest BCUT2D eigenvalue weighted by molar-refractivity contribution is 5.92. The van der Waals surface area contributed by atoms with Crippen LogP contribution in [0.4, 0.5) is 5.82 Å². The lowest BCUT2D eigenvalue weighted by Gasteiger charge is -2.10. The van der Waals surface area contributed by atoms with Gasteiger partial charge in [-0.15, -0.1) is 0 Å². The summed E-state index contributed by atoms with van der Waals surface area (Å²) in [7, 11) is 1.31. The summed E-state index contributed by atoms with van der Waals surface area (Å²) in [6, 6.07) is 3.94. The number of carbonyl (C=O) groups is 1. The van der Waals surface area contributed by atoms with Gasteiger partial charge in [0.25, 0.3) is 0 Å². The Morgan fingerprint density at radius 3 is 2.90 bits per heavy atom. The number of nitrogen functional groups attached to an aromatic ring is 1. The largest absolute Gasteiger partial charge is 0.464 e. The normalized spacial score (nSPS) is 10.6. The lowest BCUT2D eigenvalue weighted by atomic mass is 10.1. The van der Waals surface area contributed by atoms with Crippen molar-refractivity contribution in [2.24, 2.45) is 0 Å². The van der Waals surface area contributed by atoms with Crippen molar-refractivity contribution in [1.82, 2.24) is 14.5 Å². The van der Waals surface area contributed by atoms with Crippen LogP contribution in [-0.2, 0) is 17.7 Å². The summed E-state index contributed by atoms with van der Waals surface area (Å²) < 4.78 is 6.44. The number of methoxy groups -OCH3 is 1. The van der Waals surface area contributed by atoms with E-state index in [0.717, 1.165) is 17.7 Å². The van der Waals surface area contributed by atoms with Gasteiger partial charge in [0.15, 0.2) is 5.69 Å². The predicted molar refractivity (Wildman–Crippen MR) is 75.4 cm³/mol. The van der Waals surface area contributed by atoms with E-state index in [0.29, 0.717) is 18.2 Å². The first kappa shape index (κ1) is 14.0. The maximum atomic E-state index is 11.6. The number of ether oxygens (including phenoxy) is 1. The summed E-state index contributed by atoms with van der Waals surface area (Å²) in [5.74, 6) is 0.443. The molecule has 0 saturated carbocycles. The average molecular weight is 274 g/mol. The number of rotatable bonds is 4. The highest BCUT2D eigenvalue weighted by atomic mass is 16.5. The SMILES string of the molecule is CCc1cccnc1Cn1c(C)nc(C(=O)OC)c1N. The van der Waals surface area contributed by atoms with Crippen molar-refractivity contribution in [3.63, 3.8) is 0 Å². The smallest absolute Gasteiger partial charge is 0.360 e. The molecule has 2 aromatic rings. The van der Waals surface area contributed by atoms with E-state index in [1.807, 2.05) is 12.1 Å². The molecule has 0 aliphatic carbocycles. The number of aryl methyl sites for hydroxylation is 2. The first-order valence-corrected chi connectivity index (χ1v) is 6.42. The second kappa shape index (κ2) is 5.73. The third-order valence-electron chi connectivity index (χ3n) is 3.25. The summed E-state index contributed by atoms with van der Waals surface area (Å²) in [6.45, 7) is 4.37. The number of imidazole rings is 1. The number of aromatic nitrogens is 3. The van der Waals surface area contributed by atoms with Gasteiger partial charge >= 0.3 is 5.97 Å². The van der Waals surface area contributed by atoms with Crippen molar-refractivity contribution < 1.29 is 9.53 Å². The van der Waals surface area contributed by atoms with Gasteiger partial charge in [-0.25, -0.2) is 9.78 Å². The molecule has 6 heteroatoms. The van der Waals surface area contributed by atoms with Crippen LogP contribution in [0.5, 0.6) is 0 Å². The van der Waals surface area contributed by atoms with Crippen LogP contribution in [0.3, 0.4) is 0 Å². The molecule has 0 unspecified atom stereocenters. The number of nitrogens with two attached hydrogens (primary N) is 1. The quantitative estimate of drug-likeness (QED) is 0.855. The molecule has 0 fully saturated rings. The van der Waals surface area contributed by atoms with Crippen LogP contribution in [0.1, 0.15) is 34.5 Å². The van der Waals surface area contributed by atoms with E-state index in [1.54, 1.807) is 17.7 Å². The van der Waals surface area contributed by atoms with Gasteiger partial charge in [0, 0.05) is 6.20 Å². The van der Waals surface area contributed by atoms with Crippen molar-refractivity contribution in [1.29, 1.82) is 0 Å². The topological polar surface area (TPSA) is 83.0 Å². The Labute approximate surface area is 117 Å². The van der Waals surface area contributed by atoms with Gasteiger partial charge in [0.1, 0.15) is 11.6 Å². The fourth-order valence-corrected chi connectivity index (χ4v) is 2.11. The van der Waals surface area contributed by atoms with E-state index < -0.39 is 5.97 Å². The number of hydrogen-bond acceptors (Lipinski definition) is 5. The summed E-state index contributed by atoms with van der Waals surface area (Å²) in [5.41, 5.74) is 8.23. The third kappa shape index (κ3) is 2.49. The molecule has 2 rings (SSSR count). The van der Waals surface area contributed by atoms with Crippen molar-refractivity contribution in [2.45, 2.75) is 26.8 Å². The van der Waals surface area contributed by atoms with E-state index >= 15 is 0 Å². The molecule has 0 spiro atoms. The molecule has 2 N–H and O–H groups in total. The second-order valence-corrected chi connectivity index (χ2v) is 4.43. The van der Waals surface area contributed by atoms with Gasteiger partial charge in [0.05, 0.1) is 19.3 Å². The molecular weight excluding hydrogens is 256 g/mol. The van der Waals surface area contributed by atoms with E-state index in [9.17, 15) is 4.79 Å². The Kier molecular flexibility index (Phi) is 4.02. The van der Waals surface area contributed by atoms with Gasteiger partial charge in [0.2, 0.25) is 0 Å². The van der Waals surface area contributed by atoms with Crippen LogP contribution in [0.2, 0.25) is 0 Å². The number of hydrogen-bond donors (Lipinski definition) is 1. The number of nitrogens with zero attached hydrogens (tertiary/aromatic N) is 3. The molecule has 0 radical (unpaired) electrons. The number of pyridine rings is 1. The van der Waals surface area contributed by atoms with Crippen molar-refractivity contribution in [3.8, 4) is 0 Å². The standard InChI is InChI=1S/C14H18N4O2/c1-4-10-6-5-7-16-11(10)8-18-9(2)17-12(13(18)15)14(19)20-3/h5-7H,4,8,15H2,1-3H3. The first-order chi connectivity index (χ1) is 9.58. The molecule has 0 aromatic carbocycles. The minimum absolute atomic E-state index is 0.152. The summed E-state index contributed by atoms with van der Waals surface area (Å²) in [5, 5.41) is 0. The predicted octanol–water partition coefficient (Wildman–Crippen LogP) is 1.57. The summed E-state index contributed by atoms with van der Waals surface area (Å²) >= 11 is 0. The molecule has 0 aliphatic heterocycles. The van der Waals surface area contributed by atoms with Crippen LogP contribution >= 0.6 is 0 Å². The Hall–Kier alpha value is -2.37. The highest BCUT2D eigenvalue weighted by Crippen LogP contribution is 2.18. The van der Waals surface area contributed by atoms with Crippen molar-refractivity contribution in [3.05, 3.63) is 41.1 Å². The maximum absolute atomic E-state index is 11.6. The van der Waals surface area contributed by atoms with E-state index in [1.165, 1.54) is 7.11 Å². The molecule has 20 heavy (non-hydrogen) atoms. The monoisotopic (exact) mass is 274 g/mol. The summed E-state index contributed by atoms with van der Waals surface area (Å²) in [6.07, 6.45) is 2.64. The Bertz CT molecular complexity index is 634. The van der Waals surface area contributed by atoms with Gasteiger partial charge in [-0.1, -0.05) is 13.0 Å². The van der Waals surface area contributed by atoms with Crippen molar-refractivity contribution in [2.75, 3.05) is 12.8 Å². The zero-order chi connectivity index (χ0) is 14.7. The second-order valence-electron chi connectivity index (χ2n) is 4.43. The average Bonchev–Trinajstić information content (AvgIpc) is 2.75. The Morgan fingerprint density at radius 1 is 1.50 bits per heavy atom. The minimum atomic E-state index is -0.527. The number of esters is 1. The van der Waals surface area contributed by atoms with Gasteiger partial charge in [-0.2, -0.15) is 0 Å². The Balaban J connectivity index is 2.39. The molecule has 0 aliphatic rings. The highest BCUT2D eigenvalue weighted by Gasteiger charge is 2.19. The molecule has 106 valence electrons. The Morgan fingerprint density at radius 2 is 2.25 bits per heavy atom. The van der Waals surface area contributed by atoms with E-state index in [4.69, 9.17) is 5.73 Å². The van der Waals surface area contributed by atoms with Crippen LogP contribution in [-0.4, -0.2) is 27.6 Å². The molecule has 2 heterocycles. The number of carbonyl (C=O) groups excluding carboxylic acids is 1. The van der Waals surface area contributed by atoms with E-state index in [2.05, 4.69) is 21.6 Å². The molecular formula is C14H18N4O2. The van der Waals surface area contributed by atoms with Crippen LogP contribution in [0.15, 0.2) is 18.3 Å². The van der Waals surface area contributed by atoms with Crippen LogP contribution in [0.25, 0.3) is 0 Å². The lowest BCUT2D eigenvalue weighted by Crippen LogP contribution is -2.11. The fourth-order valence-electron chi connectivity index (χ4n) is 2.11. The molecule has 0 amide bonds. The summed E-state index contributed by atoms with van der Waals surface area (Å²) in [4.78, 5) is 20.1. The van der Waals surface area contributed by atoms with Crippen LogP contribution < -0.4 is 5.73 Å².